The van der Waals surface area contributed by atoms with Crippen molar-refractivity contribution in [3.63, 3.8) is 0 Å². The van der Waals surface area contributed by atoms with E-state index in [1.54, 1.807) is 0 Å². The minimum Gasteiger partial charge on any atom is -0.488 e. The third-order valence-corrected chi connectivity index (χ3v) is 7.60. The fourth-order valence-corrected chi connectivity index (χ4v) is 5.12. The molecule has 0 aliphatic heterocycles. The standard InChI is InChI=1S/C31H28BrClN4O4.ClH/c1-20(38)35-13-12-34-17-24-15-26(33)30(16-29(24)39-18-21-10-11-27-28(14-21)37-41-36-27)40-19-23-8-5-9-25(31(23)32)22-6-3-2-4-7-22;/h2-11,14-16,34H,12-13,17-19H2,1H3,(H,35,38);1H. The van der Waals surface area contributed by atoms with E-state index in [2.05, 4.69) is 55.1 Å². The first-order valence-corrected chi connectivity index (χ1v) is 14.2. The second-order valence-corrected chi connectivity index (χ2v) is 10.6. The lowest BCUT2D eigenvalue weighted by Crippen LogP contribution is -2.30. The predicted molar refractivity (Wildman–Crippen MR) is 169 cm³/mol. The molecule has 42 heavy (non-hydrogen) atoms. The van der Waals surface area contributed by atoms with Crippen LogP contribution >= 0.6 is 39.9 Å². The van der Waals surface area contributed by atoms with E-state index in [1.807, 2.05) is 60.7 Å². The van der Waals surface area contributed by atoms with E-state index in [9.17, 15) is 4.79 Å². The van der Waals surface area contributed by atoms with Crippen molar-refractivity contribution < 1.29 is 18.9 Å². The Balaban J connectivity index is 0.00000405. The molecule has 0 bridgehead atoms. The summed E-state index contributed by atoms with van der Waals surface area (Å²) in [5, 5.41) is 14.3. The van der Waals surface area contributed by atoms with Gasteiger partial charge in [-0.05, 0) is 61.1 Å². The van der Waals surface area contributed by atoms with Crippen molar-refractivity contribution in [2.24, 2.45) is 0 Å². The highest BCUT2D eigenvalue weighted by atomic mass is 79.9. The first kappa shape index (κ1) is 31.3. The normalized spacial score (nSPS) is 10.7. The van der Waals surface area contributed by atoms with E-state index < -0.39 is 0 Å². The zero-order chi connectivity index (χ0) is 28.6. The number of halogens is 3. The number of aromatic nitrogens is 2. The Bertz CT molecular complexity index is 1650. The van der Waals surface area contributed by atoms with Gasteiger partial charge in [0.1, 0.15) is 35.7 Å². The number of benzene rings is 4. The van der Waals surface area contributed by atoms with Crippen LogP contribution < -0.4 is 20.1 Å². The summed E-state index contributed by atoms with van der Waals surface area (Å²) in [5.41, 5.74) is 6.31. The van der Waals surface area contributed by atoms with Crippen LogP contribution in [0.25, 0.3) is 22.2 Å². The van der Waals surface area contributed by atoms with Gasteiger partial charge in [0.2, 0.25) is 5.91 Å². The number of carbonyl (C=O) groups is 1. The van der Waals surface area contributed by atoms with Crippen molar-refractivity contribution in [3.05, 3.63) is 105 Å². The zero-order valence-corrected chi connectivity index (χ0v) is 25.9. The number of ether oxygens (including phenoxy) is 2. The number of amides is 1. The van der Waals surface area contributed by atoms with Crippen molar-refractivity contribution in [1.82, 2.24) is 20.9 Å². The molecule has 8 nitrogen and oxygen atoms in total. The molecule has 11 heteroatoms. The minimum atomic E-state index is -0.0689. The molecule has 0 atom stereocenters. The summed E-state index contributed by atoms with van der Waals surface area (Å²) < 4.78 is 18.2. The average Bonchev–Trinajstić information content (AvgIpc) is 3.45. The van der Waals surface area contributed by atoms with Crippen LogP contribution in [0.2, 0.25) is 5.02 Å². The molecule has 0 aliphatic rings. The first-order valence-electron chi connectivity index (χ1n) is 13.0. The Morgan fingerprint density at radius 2 is 1.67 bits per heavy atom. The highest BCUT2D eigenvalue weighted by Gasteiger charge is 2.14. The van der Waals surface area contributed by atoms with Gasteiger partial charge in [-0.15, -0.1) is 12.4 Å². The lowest BCUT2D eigenvalue weighted by atomic mass is 10.0. The van der Waals surface area contributed by atoms with Gasteiger partial charge >= 0.3 is 0 Å². The van der Waals surface area contributed by atoms with Crippen LogP contribution in [0.3, 0.4) is 0 Å². The summed E-state index contributed by atoms with van der Waals surface area (Å²) in [5.74, 6) is 1.07. The van der Waals surface area contributed by atoms with Crippen molar-refractivity contribution in [2.45, 2.75) is 26.7 Å². The molecule has 0 unspecified atom stereocenters. The highest BCUT2D eigenvalue weighted by molar-refractivity contribution is 9.10. The number of nitrogens with one attached hydrogen (secondary N) is 2. The summed E-state index contributed by atoms with van der Waals surface area (Å²) in [7, 11) is 0. The van der Waals surface area contributed by atoms with Gasteiger partial charge in [0.15, 0.2) is 0 Å². The number of carbonyl (C=O) groups excluding carboxylic acids is 1. The number of hydrogen-bond acceptors (Lipinski definition) is 7. The summed E-state index contributed by atoms with van der Waals surface area (Å²) in [6.45, 7) is 3.71. The fourth-order valence-electron chi connectivity index (χ4n) is 4.28. The number of hydrogen-bond donors (Lipinski definition) is 2. The van der Waals surface area contributed by atoms with Crippen LogP contribution in [0.15, 0.2) is 88.0 Å². The average molecular weight is 672 g/mol. The van der Waals surface area contributed by atoms with Crippen molar-refractivity contribution in [2.75, 3.05) is 13.1 Å². The maximum atomic E-state index is 11.2. The zero-order valence-electron chi connectivity index (χ0n) is 22.7. The molecular formula is C31H29BrCl2N4O4. The molecule has 0 spiro atoms. The Labute approximate surface area is 263 Å². The van der Waals surface area contributed by atoms with Crippen molar-refractivity contribution in [1.29, 1.82) is 0 Å². The molecule has 218 valence electrons. The second kappa shape index (κ2) is 15.0. The Morgan fingerprint density at radius 3 is 2.48 bits per heavy atom. The fraction of sp³-hybridized carbons (Fsp3) is 0.194. The largest absolute Gasteiger partial charge is 0.488 e. The van der Waals surface area contributed by atoms with E-state index in [4.69, 9.17) is 25.7 Å². The topological polar surface area (TPSA) is 98.5 Å². The van der Waals surface area contributed by atoms with E-state index >= 15 is 0 Å². The summed E-state index contributed by atoms with van der Waals surface area (Å²) >= 11 is 10.4. The maximum absolute atomic E-state index is 11.2. The molecule has 0 radical (unpaired) electrons. The lowest BCUT2D eigenvalue weighted by Gasteiger charge is -2.17. The smallest absolute Gasteiger partial charge is 0.216 e. The molecule has 0 saturated carbocycles. The summed E-state index contributed by atoms with van der Waals surface area (Å²) in [6, 6.07) is 25.6. The Morgan fingerprint density at radius 1 is 0.881 bits per heavy atom. The van der Waals surface area contributed by atoms with Gasteiger partial charge in [-0.25, -0.2) is 4.63 Å². The molecule has 1 heterocycles. The Hall–Kier alpha value is -3.63. The monoisotopic (exact) mass is 670 g/mol. The molecule has 4 aromatic carbocycles. The molecule has 1 amide bonds. The molecule has 5 rings (SSSR count). The molecular weight excluding hydrogens is 643 g/mol. The molecule has 0 saturated heterocycles. The quantitative estimate of drug-likeness (QED) is 0.136. The van der Waals surface area contributed by atoms with Gasteiger partial charge in [0, 0.05) is 48.2 Å². The predicted octanol–water partition coefficient (Wildman–Crippen LogP) is 7.11. The van der Waals surface area contributed by atoms with Gasteiger partial charge in [-0.3, -0.25) is 4.79 Å². The number of rotatable bonds is 12. The van der Waals surface area contributed by atoms with Crippen LogP contribution in [0, 0.1) is 0 Å². The molecule has 0 aliphatic carbocycles. The van der Waals surface area contributed by atoms with Gasteiger partial charge in [-0.2, -0.15) is 0 Å². The van der Waals surface area contributed by atoms with Gasteiger partial charge in [0.25, 0.3) is 0 Å². The van der Waals surface area contributed by atoms with Crippen LogP contribution in [0.5, 0.6) is 11.5 Å². The van der Waals surface area contributed by atoms with Crippen LogP contribution in [-0.4, -0.2) is 29.3 Å². The van der Waals surface area contributed by atoms with Crippen LogP contribution in [0.1, 0.15) is 23.6 Å². The SMILES string of the molecule is CC(=O)NCCNCc1cc(Cl)c(OCc2cccc(-c3ccccc3)c2Br)cc1OCc1ccc2nonc2c1.Cl. The van der Waals surface area contributed by atoms with Gasteiger partial charge in [0.05, 0.1) is 5.02 Å². The first-order chi connectivity index (χ1) is 20.0. The van der Waals surface area contributed by atoms with Gasteiger partial charge in [-0.1, -0.05) is 66.2 Å². The molecule has 2 N–H and O–H groups in total. The number of fused-ring (bicyclic) bond motifs is 1. The lowest BCUT2D eigenvalue weighted by molar-refractivity contribution is -0.118. The minimum absolute atomic E-state index is 0. The van der Waals surface area contributed by atoms with E-state index in [1.165, 1.54) is 6.92 Å². The third-order valence-electron chi connectivity index (χ3n) is 6.37. The van der Waals surface area contributed by atoms with E-state index in [0.717, 1.165) is 32.3 Å². The summed E-state index contributed by atoms with van der Waals surface area (Å²) in [6.07, 6.45) is 0. The van der Waals surface area contributed by atoms with Crippen molar-refractivity contribution >= 4 is 56.9 Å². The second-order valence-electron chi connectivity index (χ2n) is 9.36. The highest BCUT2D eigenvalue weighted by Crippen LogP contribution is 2.36. The number of nitrogens with zero attached hydrogens (tertiary/aromatic N) is 2. The molecule has 0 fully saturated rings. The van der Waals surface area contributed by atoms with Gasteiger partial charge < -0.3 is 20.1 Å². The molecule has 1 aromatic heterocycles. The van der Waals surface area contributed by atoms with Crippen LogP contribution in [-0.2, 0) is 24.6 Å². The Kier molecular flexibility index (Phi) is 11.2. The maximum Gasteiger partial charge on any atom is 0.216 e. The van der Waals surface area contributed by atoms with E-state index in [0.29, 0.717) is 60.4 Å². The third kappa shape index (κ3) is 8.01. The molecule has 5 aromatic rings. The van der Waals surface area contributed by atoms with Crippen LogP contribution in [0.4, 0.5) is 0 Å². The van der Waals surface area contributed by atoms with E-state index in [-0.39, 0.29) is 18.3 Å². The van der Waals surface area contributed by atoms with Crippen molar-refractivity contribution in [3.8, 4) is 22.6 Å². The summed E-state index contributed by atoms with van der Waals surface area (Å²) in [4.78, 5) is 11.2.